The number of carbonyl (C=O) groups excluding carboxylic acids is 1. The lowest BCUT2D eigenvalue weighted by Crippen LogP contribution is -3.00. The summed E-state index contributed by atoms with van der Waals surface area (Å²) in [5, 5.41) is 4.28. The predicted octanol–water partition coefficient (Wildman–Crippen LogP) is 0.357. The van der Waals surface area contributed by atoms with Crippen molar-refractivity contribution in [3.05, 3.63) is 107 Å². The highest BCUT2D eigenvalue weighted by Crippen LogP contribution is 2.54. The number of aryl methyl sites for hydroxylation is 1. The zero-order valence-electron chi connectivity index (χ0n) is 19.5. The summed E-state index contributed by atoms with van der Waals surface area (Å²) in [5.74, 6) is 0.253. The maximum Gasteiger partial charge on any atom is 0.316 e. The SMILES string of the molecule is CCOC(=O)CSc1nc(C)[nH]c(=O)c1[P+](c1ccccc1)(c1ccccc1)c1ccccc1.[Cl-]. The van der Waals surface area contributed by atoms with Crippen molar-refractivity contribution in [2.75, 3.05) is 12.4 Å². The number of nitrogens with zero attached hydrogens (tertiary/aromatic N) is 1. The number of aromatic amines is 1. The molecule has 4 rings (SSSR count). The van der Waals surface area contributed by atoms with Crippen molar-refractivity contribution in [1.29, 1.82) is 0 Å². The molecule has 1 heterocycles. The first-order chi connectivity index (χ1) is 16.6. The Morgan fingerprint density at radius 3 is 1.77 bits per heavy atom. The van der Waals surface area contributed by atoms with Crippen molar-refractivity contribution in [3.63, 3.8) is 0 Å². The van der Waals surface area contributed by atoms with Crippen molar-refractivity contribution in [3.8, 4) is 0 Å². The number of carbonyl (C=O) groups is 1. The van der Waals surface area contributed by atoms with Gasteiger partial charge in [0, 0.05) is 0 Å². The van der Waals surface area contributed by atoms with Crippen LogP contribution < -0.4 is 39.2 Å². The van der Waals surface area contributed by atoms with Gasteiger partial charge in [0.1, 0.15) is 26.8 Å². The Morgan fingerprint density at radius 2 is 1.34 bits per heavy atom. The molecule has 0 aliphatic carbocycles. The highest BCUT2D eigenvalue weighted by atomic mass is 35.5. The van der Waals surface area contributed by atoms with Crippen LogP contribution in [0.4, 0.5) is 0 Å². The van der Waals surface area contributed by atoms with Crippen LogP contribution in [-0.4, -0.2) is 28.3 Å². The summed E-state index contributed by atoms with van der Waals surface area (Å²) in [4.78, 5) is 33.7. The summed E-state index contributed by atoms with van der Waals surface area (Å²) < 4.78 is 5.14. The van der Waals surface area contributed by atoms with Gasteiger partial charge in [0.05, 0.1) is 12.4 Å². The Labute approximate surface area is 216 Å². The molecular formula is C27H26ClN2O3PS. The number of halogens is 1. The molecule has 180 valence electrons. The first-order valence-corrected chi connectivity index (χ1v) is 13.8. The summed E-state index contributed by atoms with van der Waals surface area (Å²) in [7, 11) is -2.66. The standard InChI is InChI=1S/C27H25N2O3PS.ClH/c1-3-32-24(30)19-34-27-25(26(31)28-20(2)29-27)33(21-13-7-4-8-14-21,22-15-9-5-10-16-22)23-17-11-6-12-18-23;/h4-18H,3,19H2,1-2H3;1H. The molecule has 0 bridgehead atoms. The van der Waals surface area contributed by atoms with Gasteiger partial charge in [-0.15, -0.1) is 0 Å². The molecule has 35 heavy (non-hydrogen) atoms. The second kappa shape index (κ2) is 12.2. The number of rotatable bonds is 8. The predicted molar refractivity (Wildman–Crippen MR) is 142 cm³/mol. The minimum atomic E-state index is -2.66. The fourth-order valence-electron chi connectivity index (χ4n) is 4.07. The van der Waals surface area contributed by atoms with Crippen molar-refractivity contribution in [1.82, 2.24) is 9.97 Å². The largest absolute Gasteiger partial charge is 1.00 e. The van der Waals surface area contributed by atoms with Crippen LogP contribution in [0, 0.1) is 6.92 Å². The van der Waals surface area contributed by atoms with Gasteiger partial charge in [0.25, 0.3) is 5.56 Å². The van der Waals surface area contributed by atoms with Crippen LogP contribution in [0.2, 0.25) is 0 Å². The number of hydrogen-bond donors (Lipinski definition) is 1. The van der Waals surface area contributed by atoms with Gasteiger partial charge in [-0.25, -0.2) is 4.98 Å². The average molecular weight is 525 g/mol. The molecule has 0 aliphatic rings. The third-order valence-electron chi connectivity index (χ3n) is 5.38. The van der Waals surface area contributed by atoms with Crippen molar-refractivity contribution in [2.45, 2.75) is 18.9 Å². The molecule has 3 aromatic carbocycles. The Bertz CT molecular complexity index is 1220. The van der Waals surface area contributed by atoms with E-state index in [0.29, 0.717) is 22.8 Å². The molecule has 0 amide bonds. The lowest BCUT2D eigenvalue weighted by Gasteiger charge is -2.27. The van der Waals surface area contributed by atoms with E-state index in [1.807, 2.05) is 54.6 Å². The Balaban J connectivity index is 0.00000342. The lowest BCUT2D eigenvalue weighted by atomic mass is 10.4. The zero-order valence-corrected chi connectivity index (χ0v) is 21.9. The van der Waals surface area contributed by atoms with E-state index in [2.05, 4.69) is 41.4 Å². The number of hydrogen-bond acceptors (Lipinski definition) is 5. The summed E-state index contributed by atoms with van der Waals surface area (Å²) in [6.07, 6.45) is 0. The number of aromatic nitrogens is 2. The van der Waals surface area contributed by atoms with Gasteiger partial charge in [-0.05, 0) is 50.2 Å². The van der Waals surface area contributed by atoms with E-state index in [1.54, 1.807) is 13.8 Å². The number of benzene rings is 3. The van der Waals surface area contributed by atoms with Gasteiger partial charge in [-0.2, -0.15) is 0 Å². The summed E-state index contributed by atoms with van der Waals surface area (Å²) in [6, 6.07) is 30.4. The molecule has 1 aromatic heterocycles. The molecule has 0 unspecified atom stereocenters. The lowest BCUT2D eigenvalue weighted by molar-refractivity contribution is -0.139. The molecule has 0 spiro atoms. The molecule has 0 radical (unpaired) electrons. The van der Waals surface area contributed by atoms with Gasteiger partial charge in [0.15, 0.2) is 7.26 Å². The van der Waals surface area contributed by atoms with Gasteiger partial charge >= 0.3 is 5.97 Å². The number of ether oxygens (including phenoxy) is 1. The minimum absolute atomic E-state index is 0. The highest BCUT2D eigenvalue weighted by Gasteiger charge is 2.52. The third kappa shape index (κ3) is 5.51. The maximum absolute atomic E-state index is 13.8. The first kappa shape index (κ1) is 26.7. The second-order valence-electron chi connectivity index (χ2n) is 7.58. The van der Waals surface area contributed by atoms with E-state index in [4.69, 9.17) is 9.72 Å². The van der Waals surface area contributed by atoms with Gasteiger partial charge in [-0.3, -0.25) is 9.59 Å². The maximum atomic E-state index is 13.8. The van der Waals surface area contributed by atoms with Crippen LogP contribution >= 0.6 is 19.0 Å². The number of esters is 1. The molecule has 0 atom stereocenters. The van der Waals surface area contributed by atoms with E-state index >= 15 is 0 Å². The smallest absolute Gasteiger partial charge is 0.316 e. The molecule has 8 heteroatoms. The molecular weight excluding hydrogens is 499 g/mol. The number of nitrogens with one attached hydrogen (secondary N) is 1. The fraction of sp³-hybridized carbons (Fsp3) is 0.148. The monoisotopic (exact) mass is 524 g/mol. The normalized spacial score (nSPS) is 10.9. The van der Waals surface area contributed by atoms with Crippen molar-refractivity contribution >= 4 is 46.2 Å². The number of H-pyrrole nitrogens is 1. The quantitative estimate of drug-likeness (QED) is 0.156. The Morgan fingerprint density at radius 1 is 0.886 bits per heavy atom. The van der Waals surface area contributed by atoms with Gasteiger partial charge < -0.3 is 22.1 Å². The first-order valence-electron chi connectivity index (χ1n) is 11.0. The fourth-order valence-corrected chi connectivity index (χ4v) is 9.67. The van der Waals surface area contributed by atoms with E-state index < -0.39 is 7.26 Å². The van der Waals surface area contributed by atoms with Crippen LogP contribution in [0.15, 0.2) is 101 Å². The van der Waals surface area contributed by atoms with E-state index in [9.17, 15) is 9.59 Å². The van der Waals surface area contributed by atoms with Gasteiger partial charge in [-0.1, -0.05) is 66.4 Å². The van der Waals surface area contributed by atoms with E-state index in [1.165, 1.54) is 11.8 Å². The molecule has 4 aromatic rings. The topological polar surface area (TPSA) is 72.0 Å². The summed E-state index contributed by atoms with van der Waals surface area (Å²) in [6.45, 7) is 3.84. The summed E-state index contributed by atoms with van der Waals surface area (Å²) >= 11 is 1.26. The zero-order chi connectivity index (χ0) is 24.0. The molecule has 0 saturated carbocycles. The molecule has 0 fully saturated rings. The van der Waals surface area contributed by atoms with Crippen molar-refractivity contribution in [2.24, 2.45) is 0 Å². The molecule has 0 saturated heterocycles. The van der Waals surface area contributed by atoms with Crippen LogP contribution in [-0.2, 0) is 9.53 Å². The van der Waals surface area contributed by atoms with Crippen molar-refractivity contribution < 1.29 is 21.9 Å². The summed E-state index contributed by atoms with van der Waals surface area (Å²) in [5.41, 5.74) is -0.191. The van der Waals surface area contributed by atoms with E-state index in [-0.39, 0.29) is 29.7 Å². The molecule has 0 aliphatic heterocycles. The van der Waals surface area contributed by atoms with Crippen LogP contribution in [0.5, 0.6) is 0 Å². The highest BCUT2D eigenvalue weighted by molar-refractivity contribution is 8.04. The second-order valence-corrected chi connectivity index (χ2v) is 11.9. The van der Waals surface area contributed by atoms with E-state index in [0.717, 1.165) is 15.9 Å². The van der Waals surface area contributed by atoms with Crippen LogP contribution in [0.3, 0.4) is 0 Å². The van der Waals surface area contributed by atoms with Crippen LogP contribution in [0.1, 0.15) is 12.7 Å². The molecule has 1 N–H and O–H groups in total. The van der Waals surface area contributed by atoms with Gasteiger partial charge in [0.2, 0.25) is 5.30 Å². The van der Waals surface area contributed by atoms with Crippen LogP contribution in [0.25, 0.3) is 0 Å². The minimum Gasteiger partial charge on any atom is -1.00 e. The molecule has 5 nitrogen and oxygen atoms in total. The third-order valence-corrected chi connectivity index (χ3v) is 10.8. The average Bonchev–Trinajstić information content (AvgIpc) is 2.86. The number of thioether (sulfide) groups is 1. The Kier molecular flexibility index (Phi) is 9.27. The Hall–Kier alpha value is -2.92.